The van der Waals surface area contributed by atoms with Crippen LogP contribution in [0.15, 0.2) is 12.7 Å². The van der Waals surface area contributed by atoms with Crippen molar-refractivity contribution in [3.8, 4) is 0 Å². The smallest absolute Gasteiger partial charge is 0.123 e. The average Bonchev–Trinajstić information content (AvgIpc) is 1.67. The second kappa shape index (κ2) is 2.82. The predicted octanol–water partition coefficient (Wildman–Crippen LogP) is 1.25. The molecule has 0 fully saturated rings. The number of allylic oxidation sites excluding steroid dienone is 1. The van der Waals surface area contributed by atoms with Crippen LogP contribution in [0.5, 0.6) is 0 Å². The van der Waals surface area contributed by atoms with Gasteiger partial charge in [-0.2, -0.15) is 0 Å². The molecule has 1 atom stereocenters. The Balaban J connectivity index is 3.53. The standard InChI is InChI=1S/C6H12FN/c1-3-4-6(2,7)5-8/h3H,1,4-5,8H2,2H3. The van der Waals surface area contributed by atoms with Gasteiger partial charge < -0.3 is 5.73 Å². The van der Waals surface area contributed by atoms with Gasteiger partial charge in [0.2, 0.25) is 0 Å². The summed E-state index contributed by atoms with van der Waals surface area (Å²) >= 11 is 0. The number of hydrogen-bond acceptors (Lipinski definition) is 1. The van der Waals surface area contributed by atoms with Gasteiger partial charge in [-0.25, -0.2) is 4.39 Å². The van der Waals surface area contributed by atoms with Crippen LogP contribution in [0, 0.1) is 0 Å². The van der Waals surface area contributed by atoms with Crippen molar-refractivity contribution in [2.45, 2.75) is 19.0 Å². The normalized spacial score (nSPS) is 17.4. The number of alkyl halides is 1. The van der Waals surface area contributed by atoms with Crippen molar-refractivity contribution < 1.29 is 4.39 Å². The molecule has 0 aromatic heterocycles. The Bertz CT molecular complexity index is 78.6. The van der Waals surface area contributed by atoms with Crippen molar-refractivity contribution in [3.63, 3.8) is 0 Å². The molecule has 0 bridgehead atoms. The Morgan fingerprint density at radius 3 is 2.50 bits per heavy atom. The van der Waals surface area contributed by atoms with Gasteiger partial charge in [0.15, 0.2) is 0 Å². The van der Waals surface area contributed by atoms with Gasteiger partial charge >= 0.3 is 0 Å². The lowest BCUT2D eigenvalue weighted by Gasteiger charge is -2.13. The molecule has 0 aliphatic heterocycles. The Hall–Kier alpha value is -0.370. The highest BCUT2D eigenvalue weighted by atomic mass is 19.1. The van der Waals surface area contributed by atoms with Crippen LogP contribution in [0.3, 0.4) is 0 Å². The van der Waals surface area contributed by atoms with Crippen LogP contribution in [0.25, 0.3) is 0 Å². The van der Waals surface area contributed by atoms with Crippen LogP contribution in [-0.2, 0) is 0 Å². The highest BCUT2D eigenvalue weighted by Crippen LogP contribution is 2.12. The summed E-state index contributed by atoms with van der Waals surface area (Å²) < 4.78 is 12.6. The SMILES string of the molecule is C=CCC(C)(F)CN. The van der Waals surface area contributed by atoms with Crippen molar-refractivity contribution in [1.82, 2.24) is 0 Å². The lowest BCUT2D eigenvalue weighted by Crippen LogP contribution is -2.28. The fraction of sp³-hybridized carbons (Fsp3) is 0.667. The third-order valence-corrected chi connectivity index (χ3v) is 0.996. The highest BCUT2D eigenvalue weighted by Gasteiger charge is 2.17. The van der Waals surface area contributed by atoms with Gasteiger partial charge in [-0.1, -0.05) is 6.08 Å². The van der Waals surface area contributed by atoms with Crippen molar-refractivity contribution in [3.05, 3.63) is 12.7 Å². The molecular formula is C6H12FN. The molecule has 1 unspecified atom stereocenters. The van der Waals surface area contributed by atoms with E-state index in [4.69, 9.17) is 5.73 Å². The molecular weight excluding hydrogens is 105 g/mol. The summed E-state index contributed by atoms with van der Waals surface area (Å²) in [4.78, 5) is 0. The van der Waals surface area contributed by atoms with E-state index in [9.17, 15) is 4.39 Å². The van der Waals surface area contributed by atoms with Crippen LogP contribution >= 0.6 is 0 Å². The molecule has 0 aliphatic rings. The molecule has 0 amide bonds. The number of halogens is 1. The fourth-order valence-corrected chi connectivity index (χ4v) is 0.384. The first-order valence-corrected chi connectivity index (χ1v) is 2.62. The summed E-state index contributed by atoms with van der Waals surface area (Å²) in [5.41, 5.74) is 3.82. The third kappa shape index (κ3) is 2.75. The monoisotopic (exact) mass is 117 g/mol. The maximum Gasteiger partial charge on any atom is 0.123 e. The molecule has 0 heterocycles. The molecule has 2 heteroatoms. The van der Waals surface area contributed by atoms with Crippen molar-refractivity contribution in [2.75, 3.05) is 6.54 Å². The van der Waals surface area contributed by atoms with Gasteiger partial charge in [-0.15, -0.1) is 6.58 Å². The van der Waals surface area contributed by atoms with E-state index in [-0.39, 0.29) is 6.54 Å². The quantitative estimate of drug-likeness (QED) is 0.553. The van der Waals surface area contributed by atoms with Crippen LogP contribution in [0.2, 0.25) is 0 Å². The van der Waals surface area contributed by atoms with E-state index in [2.05, 4.69) is 6.58 Å². The summed E-state index contributed by atoms with van der Waals surface area (Å²) in [7, 11) is 0. The van der Waals surface area contributed by atoms with Gasteiger partial charge in [-0.3, -0.25) is 0 Å². The van der Waals surface area contributed by atoms with Crippen molar-refractivity contribution in [2.24, 2.45) is 5.73 Å². The van der Waals surface area contributed by atoms with Crippen molar-refractivity contribution >= 4 is 0 Å². The Morgan fingerprint density at radius 1 is 1.88 bits per heavy atom. The largest absolute Gasteiger partial charge is 0.328 e. The highest BCUT2D eigenvalue weighted by molar-refractivity contribution is 4.83. The third-order valence-electron chi connectivity index (χ3n) is 0.996. The molecule has 0 rings (SSSR count). The molecule has 0 saturated carbocycles. The first-order chi connectivity index (χ1) is 3.62. The van der Waals surface area contributed by atoms with Gasteiger partial charge in [0, 0.05) is 13.0 Å². The minimum Gasteiger partial charge on any atom is -0.328 e. The molecule has 0 aromatic rings. The van der Waals surface area contributed by atoms with Crippen LogP contribution < -0.4 is 5.73 Å². The second-order valence-electron chi connectivity index (χ2n) is 2.11. The van der Waals surface area contributed by atoms with Crippen LogP contribution in [0.4, 0.5) is 4.39 Å². The number of hydrogen-bond donors (Lipinski definition) is 1. The first kappa shape index (κ1) is 7.63. The van der Waals surface area contributed by atoms with E-state index in [0.717, 1.165) is 0 Å². The topological polar surface area (TPSA) is 26.0 Å². The first-order valence-electron chi connectivity index (χ1n) is 2.62. The van der Waals surface area contributed by atoms with Crippen LogP contribution in [-0.4, -0.2) is 12.2 Å². The van der Waals surface area contributed by atoms with Crippen molar-refractivity contribution in [1.29, 1.82) is 0 Å². The number of nitrogens with two attached hydrogens (primary N) is 1. The lowest BCUT2D eigenvalue weighted by atomic mass is 10.1. The zero-order valence-corrected chi connectivity index (χ0v) is 5.15. The van der Waals surface area contributed by atoms with Gasteiger partial charge in [0.1, 0.15) is 5.67 Å². The zero-order valence-electron chi connectivity index (χ0n) is 5.15. The average molecular weight is 117 g/mol. The Labute approximate surface area is 49.4 Å². The van der Waals surface area contributed by atoms with Gasteiger partial charge in [-0.05, 0) is 6.92 Å². The van der Waals surface area contributed by atoms with Gasteiger partial charge in [0.25, 0.3) is 0 Å². The summed E-state index contributed by atoms with van der Waals surface area (Å²) in [6, 6.07) is 0. The minimum absolute atomic E-state index is 0.0685. The van der Waals surface area contributed by atoms with E-state index in [1.807, 2.05) is 0 Å². The van der Waals surface area contributed by atoms with E-state index >= 15 is 0 Å². The Kier molecular flexibility index (Phi) is 2.69. The summed E-state index contributed by atoms with van der Waals surface area (Å²) in [6.45, 7) is 4.93. The molecule has 0 radical (unpaired) electrons. The Morgan fingerprint density at radius 2 is 2.38 bits per heavy atom. The van der Waals surface area contributed by atoms with Gasteiger partial charge in [0.05, 0.1) is 0 Å². The molecule has 8 heavy (non-hydrogen) atoms. The van der Waals surface area contributed by atoms with E-state index in [1.54, 1.807) is 0 Å². The van der Waals surface area contributed by atoms with Crippen LogP contribution in [0.1, 0.15) is 13.3 Å². The molecule has 0 aromatic carbocycles. The maximum absolute atomic E-state index is 12.6. The summed E-state index contributed by atoms with van der Waals surface area (Å²) in [6.07, 6.45) is 1.87. The molecule has 1 nitrogen and oxygen atoms in total. The molecule has 48 valence electrons. The molecule has 2 N–H and O–H groups in total. The summed E-state index contributed by atoms with van der Waals surface area (Å²) in [5, 5.41) is 0. The van der Waals surface area contributed by atoms with E-state index in [1.165, 1.54) is 13.0 Å². The van der Waals surface area contributed by atoms with E-state index in [0.29, 0.717) is 6.42 Å². The lowest BCUT2D eigenvalue weighted by molar-refractivity contribution is 0.204. The molecule has 0 saturated heterocycles. The van der Waals surface area contributed by atoms with E-state index < -0.39 is 5.67 Å². The number of rotatable bonds is 3. The minimum atomic E-state index is -1.25. The second-order valence-corrected chi connectivity index (χ2v) is 2.11. The zero-order chi connectivity index (χ0) is 6.62. The summed E-state index contributed by atoms with van der Waals surface area (Å²) in [5.74, 6) is 0. The molecule has 0 aliphatic carbocycles. The fourth-order valence-electron chi connectivity index (χ4n) is 0.384. The maximum atomic E-state index is 12.6. The molecule has 0 spiro atoms. The predicted molar refractivity (Wildman–Crippen MR) is 33.4 cm³/mol.